The van der Waals surface area contributed by atoms with Gasteiger partial charge >= 0.3 is 5.97 Å². The summed E-state index contributed by atoms with van der Waals surface area (Å²) in [5.41, 5.74) is 2.00. The monoisotopic (exact) mass is 432 g/mol. The summed E-state index contributed by atoms with van der Waals surface area (Å²) < 4.78 is 16.5. The van der Waals surface area contributed by atoms with Gasteiger partial charge in [0.15, 0.2) is 11.6 Å². The zero-order valence-electron chi connectivity index (χ0n) is 17.4. The standard InChI is InChI=1S/C23H20N4O5/c1-24-21(28)18-12-16(10-11-25-18)31-15-8-9-17-19(13-15)32-23(26-17)27-20(22(29)30-2)14-6-4-3-5-7-14/h3-13,20H,1-2H3,(H,24,28)(H,26,27). The van der Waals surface area contributed by atoms with Crippen LogP contribution >= 0.6 is 0 Å². The maximum atomic E-state index is 12.3. The largest absolute Gasteiger partial charge is 0.467 e. The van der Waals surface area contributed by atoms with Crippen molar-refractivity contribution in [3.63, 3.8) is 0 Å². The molecule has 0 radical (unpaired) electrons. The molecule has 9 heteroatoms. The van der Waals surface area contributed by atoms with Crippen molar-refractivity contribution in [2.75, 3.05) is 19.5 Å². The lowest BCUT2D eigenvalue weighted by atomic mass is 10.1. The molecule has 2 aromatic carbocycles. The van der Waals surface area contributed by atoms with Crippen LogP contribution in [0.3, 0.4) is 0 Å². The Hall–Kier alpha value is -4.40. The Balaban J connectivity index is 1.56. The summed E-state index contributed by atoms with van der Waals surface area (Å²) in [6, 6.07) is 16.8. The van der Waals surface area contributed by atoms with E-state index in [1.54, 1.807) is 24.3 Å². The molecule has 162 valence electrons. The van der Waals surface area contributed by atoms with Gasteiger partial charge in [0.25, 0.3) is 11.9 Å². The van der Waals surface area contributed by atoms with Crippen molar-refractivity contribution >= 4 is 29.0 Å². The Morgan fingerprint density at radius 1 is 1.03 bits per heavy atom. The third kappa shape index (κ3) is 4.51. The van der Waals surface area contributed by atoms with E-state index in [0.717, 1.165) is 5.56 Å². The zero-order chi connectivity index (χ0) is 22.5. The second-order valence-corrected chi connectivity index (χ2v) is 6.72. The van der Waals surface area contributed by atoms with Gasteiger partial charge in [-0.1, -0.05) is 30.3 Å². The molecule has 0 fully saturated rings. The summed E-state index contributed by atoms with van der Waals surface area (Å²) in [5, 5.41) is 5.50. The Bertz CT molecular complexity index is 1260. The number of benzene rings is 2. The number of amides is 1. The molecule has 4 rings (SSSR count). The number of hydrogen-bond acceptors (Lipinski definition) is 8. The molecular weight excluding hydrogens is 412 g/mol. The van der Waals surface area contributed by atoms with Crippen LogP contribution in [-0.4, -0.2) is 36.0 Å². The highest BCUT2D eigenvalue weighted by atomic mass is 16.5. The van der Waals surface area contributed by atoms with Crippen molar-refractivity contribution in [1.29, 1.82) is 0 Å². The van der Waals surface area contributed by atoms with Crippen molar-refractivity contribution in [2.24, 2.45) is 0 Å². The predicted molar refractivity (Wildman–Crippen MR) is 117 cm³/mol. The Labute approximate surface area is 183 Å². The summed E-state index contributed by atoms with van der Waals surface area (Å²) in [4.78, 5) is 32.4. The fourth-order valence-electron chi connectivity index (χ4n) is 3.06. The number of aromatic nitrogens is 2. The van der Waals surface area contributed by atoms with Crippen LogP contribution in [0.5, 0.6) is 11.5 Å². The number of methoxy groups -OCH3 is 1. The van der Waals surface area contributed by atoms with Gasteiger partial charge < -0.3 is 24.5 Å². The van der Waals surface area contributed by atoms with Crippen molar-refractivity contribution in [2.45, 2.75) is 6.04 Å². The lowest BCUT2D eigenvalue weighted by Crippen LogP contribution is -2.22. The summed E-state index contributed by atoms with van der Waals surface area (Å²) >= 11 is 0. The smallest absolute Gasteiger partial charge is 0.333 e. The molecule has 2 heterocycles. The molecule has 0 aliphatic heterocycles. The minimum Gasteiger partial charge on any atom is -0.467 e. The number of nitrogens with zero attached hydrogens (tertiary/aromatic N) is 2. The minimum atomic E-state index is -0.773. The summed E-state index contributed by atoms with van der Waals surface area (Å²) in [5.74, 6) is 0.162. The van der Waals surface area contributed by atoms with Crippen molar-refractivity contribution in [3.8, 4) is 11.5 Å². The van der Waals surface area contributed by atoms with E-state index in [2.05, 4.69) is 20.6 Å². The van der Waals surface area contributed by atoms with Crippen LogP contribution in [0, 0.1) is 0 Å². The average molecular weight is 432 g/mol. The number of carbonyl (C=O) groups excluding carboxylic acids is 2. The fourth-order valence-corrected chi connectivity index (χ4v) is 3.06. The molecule has 0 spiro atoms. The molecule has 1 amide bonds. The first kappa shape index (κ1) is 20.9. The van der Waals surface area contributed by atoms with Crippen LogP contribution in [0.1, 0.15) is 22.1 Å². The number of ether oxygens (including phenoxy) is 2. The Kier molecular flexibility index (Phi) is 5.98. The van der Waals surface area contributed by atoms with Crippen LogP contribution in [0.4, 0.5) is 6.01 Å². The van der Waals surface area contributed by atoms with Gasteiger partial charge in [-0.2, -0.15) is 4.98 Å². The first-order chi connectivity index (χ1) is 15.6. The molecule has 1 unspecified atom stereocenters. The molecule has 1 atom stereocenters. The summed E-state index contributed by atoms with van der Waals surface area (Å²) in [6.45, 7) is 0. The van der Waals surface area contributed by atoms with Gasteiger partial charge in [0, 0.05) is 25.4 Å². The lowest BCUT2D eigenvalue weighted by Gasteiger charge is -2.15. The minimum absolute atomic E-state index is 0.169. The van der Waals surface area contributed by atoms with E-state index in [1.807, 2.05) is 30.3 Å². The quantitative estimate of drug-likeness (QED) is 0.425. The molecule has 0 saturated heterocycles. The number of rotatable bonds is 7. The molecule has 0 aliphatic carbocycles. The van der Waals surface area contributed by atoms with Gasteiger partial charge in [0.2, 0.25) is 0 Å². The molecule has 4 aromatic rings. The SMILES string of the molecule is CNC(=O)c1cc(Oc2ccc3nc(NC(C(=O)OC)c4ccccc4)oc3c2)ccn1. The van der Waals surface area contributed by atoms with E-state index in [0.29, 0.717) is 22.6 Å². The van der Waals surface area contributed by atoms with Gasteiger partial charge in [0.1, 0.15) is 22.7 Å². The van der Waals surface area contributed by atoms with E-state index >= 15 is 0 Å². The summed E-state index contributed by atoms with van der Waals surface area (Å²) in [6.07, 6.45) is 1.49. The number of carbonyl (C=O) groups is 2. The number of nitrogens with one attached hydrogen (secondary N) is 2. The van der Waals surface area contributed by atoms with Gasteiger partial charge in [0.05, 0.1) is 7.11 Å². The number of fused-ring (bicyclic) bond motifs is 1. The second kappa shape index (κ2) is 9.17. The zero-order valence-corrected chi connectivity index (χ0v) is 17.4. The highest BCUT2D eigenvalue weighted by molar-refractivity contribution is 5.92. The van der Waals surface area contributed by atoms with E-state index < -0.39 is 12.0 Å². The fraction of sp³-hybridized carbons (Fsp3) is 0.130. The van der Waals surface area contributed by atoms with Gasteiger partial charge in [-0.05, 0) is 23.8 Å². The third-order valence-electron chi connectivity index (χ3n) is 4.62. The van der Waals surface area contributed by atoms with Crippen LogP contribution in [0.2, 0.25) is 0 Å². The predicted octanol–water partition coefficient (Wildman–Crippen LogP) is 3.70. The van der Waals surface area contributed by atoms with Crippen LogP contribution in [0.15, 0.2) is 71.3 Å². The highest BCUT2D eigenvalue weighted by Gasteiger charge is 2.23. The third-order valence-corrected chi connectivity index (χ3v) is 4.62. The van der Waals surface area contributed by atoms with E-state index in [9.17, 15) is 9.59 Å². The summed E-state index contributed by atoms with van der Waals surface area (Å²) in [7, 11) is 2.86. The molecule has 0 aliphatic rings. The van der Waals surface area contributed by atoms with Crippen molar-refractivity contribution in [3.05, 3.63) is 78.1 Å². The normalized spacial score (nSPS) is 11.6. The van der Waals surface area contributed by atoms with Crippen LogP contribution in [-0.2, 0) is 9.53 Å². The van der Waals surface area contributed by atoms with E-state index in [1.165, 1.54) is 26.4 Å². The Morgan fingerprint density at radius 2 is 1.81 bits per heavy atom. The molecule has 0 saturated carbocycles. The highest BCUT2D eigenvalue weighted by Crippen LogP contribution is 2.29. The Morgan fingerprint density at radius 3 is 2.56 bits per heavy atom. The van der Waals surface area contributed by atoms with E-state index in [4.69, 9.17) is 13.9 Å². The van der Waals surface area contributed by atoms with Gasteiger partial charge in [-0.3, -0.25) is 9.78 Å². The number of esters is 1. The first-order valence-electron chi connectivity index (χ1n) is 9.73. The number of pyridine rings is 1. The van der Waals surface area contributed by atoms with Crippen LogP contribution < -0.4 is 15.4 Å². The number of hydrogen-bond donors (Lipinski definition) is 2. The van der Waals surface area contributed by atoms with Crippen molar-refractivity contribution in [1.82, 2.24) is 15.3 Å². The average Bonchev–Trinajstić information content (AvgIpc) is 3.24. The second-order valence-electron chi connectivity index (χ2n) is 6.72. The van der Waals surface area contributed by atoms with Crippen LogP contribution in [0.25, 0.3) is 11.1 Å². The van der Waals surface area contributed by atoms with E-state index in [-0.39, 0.29) is 17.6 Å². The molecule has 2 N–H and O–H groups in total. The number of anilines is 1. The molecule has 32 heavy (non-hydrogen) atoms. The van der Waals surface area contributed by atoms with Crippen molar-refractivity contribution < 1.29 is 23.5 Å². The number of oxazole rings is 1. The molecular formula is C23H20N4O5. The lowest BCUT2D eigenvalue weighted by molar-refractivity contribution is -0.141. The topological polar surface area (TPSA) is 116 Å². The maximum absolute atomic E-state index is 12.3. The maximum Gasteiger partial charge on any atom is 0.333 e. The molecule has 9 nitrogen and oxygen atoms in total. The van der Waals surface area contributed by atoms with Gasteiger partial charge in [-0.15, -0.1) is 0 Å². The molecule has 0 bridgehead atoms. The first-order valence-corrected chi connectivity index (χ1v) is 9.73. The molecule has 2 aromatic heterocycles. The van der Waals surface area contributed by atoms with Gasteiger partial charge in [-0.25, -0.2) is 4.79 Å².